The van der Waals surface area contributed by atoms with Crippen LogP contribution in [0.4, 0.5) is 0 Å². The van der Waals surface area contributed by atoms with Crippen LogP contribution >= 0.6 is 0 Å². The molecule has 2 heterocycles. The molecule has 0 aromatic carbocycles. The van der Waals surface area contributed by atoms with Crippen molar-refractivity contribution in [1.82, 2.24) is 4.90 Å². The van der Waals surface area contributed by atoms with Crippen molar-refractivity contribution in [3.63, 3.8) is 0 Å². The van der Waals surface area contributed by atoms with Gasteiger partial charge in [-0.15, -0.1) is 0 Å². The van der Waals surface area contributed by atoms with E-state index >= 15 is 0 Å². The average Bonchev–Trinajstić information content (AvgIpc) is 2.97. The molecule has 2 saturated heterocycles. The van der Waals surface area contributed by atoms with Crippen LogP contribution in [0, 0.1) is 11.3 Å². The van der Waals surface area contributed by atoms with Crippen molar-refractivity contribution in [1.29, 1.82) is 0 Å². The lowest BCUT2D eigenvalue weighted by molar-refractivity contribution is -0.236. The molecule has 4 rings (SSSR count). The topological polar surface area (TPSA) is 47.7 Å². The van der Waals surface area contributed by atoms with Gasteiger partial charge in [-0.3, -0.25) is 4.90 Å². The van der Waals surface area contributed by atoms with Gasteiger partial charge in [-0.2, -0.15) is 0 Å². The molecule has 4 fully saturated rings. The molecule has 5 atom stereocenters. The van der Waals surface area contributed by atoms with Crippen LogP contribution in [0.25, 0.3) is 0 Å². The van der Waals surface area contributed by atoms with Gasteiger partial charge in [0.15, 0.2) is 0 Å². The predicted octanol–water partition coefficient (Wildman–Crippen LogP) is 1.77. The number of hydrogen-bond donors (Lipinski definition) is 1. The molecule has 0 bridgehead atoms. The van der Waals surface area contributed by atoms with E-state index in [0.29, 0.717) is 24.2 Å². The van der Waals surface area contributed by atoms with Gasteiger partial charge in [0.05, 0.1) is 18.8 Å². The third-order valence-corrected chi connectivity index (χ3v) is 6.96. The lowest BCUT2D eigenvalue weighted by Gasteiger charge is -2.68. The maximum atomic E-state index is 6.99. The Hall–Kier alpha value is -0.160. The average molecular weight is 294 g/mol. The van der Waals surface area contributed by atoms with E-state index in [-0.39, 0.29) is 11.0 Å². The van der Waals surface area contributed by atoms with Crippen molar-refractivity contribution in [2.24, 2.45) is 17.1 Å². The van der Waals surface area contributed by atoms with Crippen molar-refractivity contribution >= 4 is 0 Å². The minimum Gasteiger partial charge on any atom is -0.377 e. The number of ether oxygens (including phenoxy) is 2. The number of fused-ring (bicyclic) bond motifs is 2. The third kappa shape index (κ3) is 1.95. The number of hydrogen-bond acceptors (Lipinski definition) is 4. The highest BCUT2D eigenvalue weighted by molar-refractivity contribution is 5.21. The molecule has 0 amide bonds. The molecule has 0 aromatic rings. The Morgan fingerprint density at radius 3 is 2.81 bits per heavy atom. The van der Waals surface area contributed by atoms with Crippen molar-refractivity contribution in [3.8, 4) is 0 Å². The normalized spacial score (nSPS) is 49.3. The van der Waals surface area contributed by atoms with Crippen molar-refractivity contribution < 1.29 is 9.47 Å². The molecule has 0 aromatic heterocycles. The molecule has 2 aliphatic heterocycles. The second kappa shape index (κ2) is 4.92. The molecule has 4 aliphatic rings. The molecular formula is C17H30N2O2. The van der Waals surface area contributed by atoms with Gasteiger partial charge in [0, 0.05) is 42.6 Å². The lowest BCUT2D eigenvalue weighted by atomic mass is 9.46. The molecule has 4 heteroatoms. The zero-order chi connectivity index (χ0) is 14.7. The van der Waals surface area contributed by atoms with Gasteiger partial charge in [-0.1, -0.05) is 13.8 Å². The van der Waals surface area contributed by atoms with E-state index in [4.69, 9.17) is 15.2 Å². The van der Waals surface area contributed by atoms with Crippen LogP contribution in [0.3, 0.4) is 0 Å². The fourth-order valence-corrected chi connectivity index (χ4v) is 5.53. The first-order valence-corrected chi connectivity index (χ1v) is 8.80. The van der Waals surface area contributed by atoms with Crippen LogP contribution in [-0.2, 0) is 9.47 Å². The second-order valence-electron chi connectivity index (χ2n) is 8.18. The van der Waals surface area contributed by atoms with Crippen LogP contribution in [0.5, 0.6) is 0 Å². The molecule has 5 unspecified atom stereocenters. The first-order valence-electron chi connectivity index (χ1n) is 8.80. The number of morpholine rings is 1. The molecule has 21 heavy (non-hydrogen) atoms. The Morgan fingerprint density at radius 2 is 1.95 bits per heavy atom. The molecule has 0 spiro atoms. The summed E-state index contributed by atoms with van der Waals surface area (Å²) < 4.78 is 12.0. The molecule has 2 aliphatic carbocycles. The monoisotopic (exact) mass is 294 g/mol. The number of nitrogens with zero attached hydrogens (tertiary/aromatic N) is 1. The summed E-state index contributed by atoms with van der Waals surface area (Å²) in [5.41, 5.74) is 6.98. The fraction of sp³-hybridized carbons (Fsp3) is 1.00. The van der Waals surface area contributed by atoms with Crippen molar-refractivity contribution in [2.75, 3.05) is 26.3 Å². The zero-order valence-electron chi connectivity index (χ0n) is 13.5. The Bertz CT molecular complexity index is 414. The fourth-order valence-electron chi connectivity index (χ4n) is 5.53. The van der Waals surface area contributed by atoms with Gasteiger partial charge in [0.2, 0.25) is 0 Å². The molecule has 120 valence electrons. The van der Waals surface area contributed by atoms with E-state index in [1.165, 1.54) is 32.1 Å². The van der Waals surface area contributed by atoms with E-state index in [1.54, 1.807) is 0 Å². The smallest absolute Gasteiger partial charge is 0.0730 e. The first-order chi connectivity index (χ1) is 10.0. The van der Waals surface area contributed by atoms with Crippen LogP contribution in [0.2, 0.25) is 0 Å². The highest BCUT2D eigenvalue weighted by Gasteiger charge is 2.67. The lowest BCUT2D eigenvalue weighted by Crippen LogP contribution is -2.81. The largest absolute Gasteiger partial charge is 0.377 e. The maximum Gasteiger partial charge on any atom is 0.0730 e. The predicted molar refractivity (Wildman–Crippen MR) is 82.1 cm³/mol. The Morgan fingerprint density at radius 1 is 1.10 bits per heavy atom. The van der Waals surface area contributed by atoms with Crippen LogP contribution in [-0.4, -0.2) is 55.0 Å². The number of rotatable bonds is 2. The minimum atomic E-state index is -0.0947. The van der Waals surface area contributed by atoms with Gasteiger partial charge in [-0.05, 0) is 32.1 Å². The summed E-state index contributed by atoms with van der Waals surface area (Å²) in [5, 5.41) is 0. The van der Waals surface area contributed by atoms with E-state index < -0.39 is 0 Å². The maximum absolute atomic E-state index is 6.99. The van der Waals surface area contributed by atoms with Crippen molar-refractivity contribution in [2.45, 2.75) is 69.7 Å². The Labute approximate surface area is 128 Å². The molecule has 0 radical (unpaired) electrons. The second-order valence-corrected chi connectivity index (χ2v) is 8.18. The number of nitrogens with two attached hydrogens (primary N) is 1. The van der Waals surface area contributed by atoms with Crippen molar-refractivity contribution in [3.05, 3.63) is 0 Å². The Kier molecular flexibility index (Phi) is 3.38. The summed E-state index contributed by atoms with van der Waals surface area (Å²) in [4.78, 5) is 2.65. The summed E-state index contributed by atoms with van der Waals surface area (Å²) in [6, 6.07) is 0.610. The molecule has 4 nitrogen and oxygen atoms in total. The van der Waals surface area contributed by atoms with E-state index in [9.17, 15) is 0 Å². The summed E-state index contributed by atoms with van der Waals surface area (Å²) in [6.07, 6.45) is 7.07. The van der Waals surface area contributed by atoms with E-state index in [1.807, 2.05) is 0 Å². The summed E-state index contributed by atoms with van der Waals surface area (Å²) in [7, 11) is 0. The molecule has 2 saturated carbocycles. The molecular weight excluding hydrogens is 264 g/mol. The van der Waals surface area contributed by atoms with Gasteiger partial charge in [-0.25, -0.2) is 0 Å². The summed E-state index contributed by atoms with van der Waals surface area (Å²) in [6.45, 7) is 8.49. The van der Waals surface area contributed by atoms with Crippen LogP contribution in [0.1, 0.15) is 46.0 Å². The van der Waals surface area contributed by atoms with E-state index in [2.05, 4.69) is 18.7 Å². The van der Waals surface area contributed by atoms with Crippen LogP contribution < -0.4 is 5.73 Å². The zero-order valence-corrected chi connectivity index (χ0v) is 13.5. The highest BCUT2D eigenvalue weighted by atomic mass is 16.5. The van der Waals surface area contributed by atoms with Crippen LogP contribution in [0.15, 0.2) is 0 Å². The summed E-state index contributed by atoms with van der Waals surface area (Å²) in [5.74, 6) is 0.545. The third-order valence-electron chi connectivity index (χ3n) is 6.96. The molecule has 2 N–H and O–H groups in total. The van der Waals surface area contributed by atoms with E-state index in [0.717, 1.165) is 26.3 Å². The Balaban J connectivity index is 1.52. The first kappa shape index (κ1) is 14.4. The van der Waals surface area contributed by atoms with Gasteiger partial charge >= 0.3 is 0 Å². The highest BCUT2D eigenvalue weighted by Crippen LogP contribution is 2.57. The minimum absolute atomic E-state index is 0.0878. The SMILES string of the molecule is CC1(C)C2OCCCC2C1(N)CN1CCOC2CCCC21. The van der Waals surface area contributed by atoms with Gasteiger partial charge in [0.1, 0.15) is 0 Å². The summed E-state index contributed by atoms with van der Waals surface area (Å²) >= 11 is 0. The quantitative estimate of drug-likeness (QED) is 0.843. The van der Waals surface area contributed by atoms with Gasteiger partial charge in [0.25, 0.3) is 0 Å². The van der Waals surface area contributed by atoms with Gasteiger partial charge < -0.3 is 15.2 Å². The standard InChI is InChI=1S/C17H30N2O2/c1-16(2)15-12(5-4-9-21-15)17(16,18)11-19-8-10-20-14-7-3-6-13(14)19/h12-15H,3-11,18H2,1-2H3.